The molecule has 0 saturated carbocycles. The van der Waals surface area contributed by atoms with Gasteiger partial charge in [0, 0.05) is 20.0 Å². The number of rotatable bonds is 4. The minimum atomic E-state index is -1.21. The van der Waals surface area contributed by atoms with Crippen LogP contribution in [0.5, 0.6) is 0 Å². The summed E-state index contributed by atoms with van der Waals surface area (Å²) in [6.07, 6.45) is 0. The standard InChI is InChI=1S/C10H8Br3NO4/c11-5-3-4(10(17)18)6(8(13)7(5)12)9(16)14-1-2-15/h3,15H,1-2H2,(H,14,16)(H,17,18). The van der Waals surface area contributed by atoms with Crippen molar-refractivity contribution in [1.29, 1.82) is 0 Å². The van der Waals surface area contributed by atoms with Crippen molar-refractivity contribution in [3.63, 3.8) is 0 Å². The van der Waals surface area contributed by atoms with E-state index < -0.39 is 11.9 Å². The Balaban J connectivity index is 3.35. The average molecular weight is 446 g/mol. The molecular weight excluding hydrogens is 438 g/mol. The molecule has 1 aromatic rings. The predicted octanol–water partition coefficient (Wildman–Crippen LogP) is 2.39. The second-order valence-electron chi connectivity index (χ2n) is 3.19. The maximum absolute atomic E-state index is 11.9. The highest BCUT2D eigenvalue weighted by Crippen LogP contribution is 2.36. The van der Waals surface area contributed by atoms with E-state index in [1.807, 2.05) is 0 Å². The number of carboxylic acids is 1. The molecule has 0 heterocycles. The van der Waals surface area contributed by atoms with Gasteiger partial charge < -0.3 is 15.5 Å². The Morgan fingerprint density at radius 1 is 1.22 bits per heavy atom. The molecule has 0 aliphatic carbocycles. The van der Waals surface area contributed by atoms with Crippen molar-refractivity contribution in [2.24, 2.45) is 0 Å². The van der Waals surface area contributed by atoms with Crippen LogP contribution in [0.4, 0.5) is 0 Å². The van der Waals surface area contributed by atoms with Gasteiger partial charge in [-0.05, 0) is 53.9 Å². The molecule has 18 heavy (non-hydrogen) atoms. The van der Waals surface area contributed by atoms with Crippen LogP contribution in [0.1, 0.15) is 20.7 Å². The summed E-state index contributed by atoms with van der Waals surface area (Å²) in [7, 11) is 0. The lowest BCUT2D eigenvalue weighted by molar-refractivity contribution is 0.0690. The number of aliphatic hydroxyl groups excluding tert-OH is 1. The molecule has 0 aliphatic heterocycles. The maximum Gasteiger partial charge on any atom is 0.336 e. The summed E-state index contributed by atoms with van der Waals surface area (Å²) in [5.41, 5.74) is -0.126. The summed E-state index contributed by atoms with van der Waals surface area (Å²) >= 11 is 9.60. The molecule has 0 fully saturated rings. The molecule has 8 heteroatoms. The molecule has 0 radical (unpaired) electrons. The molecule has 0 aliphatic rings. The summed E-state index contributed by atoms with van der Waals surface area (Å²) in [5.74, 6) is -1.78. The number of benzene rings is 1. The molecular formula is C10H8Br3NO4. The predicted molar refractivity (Wildman–Crippen MR) is 75.9 cm³/mol. The first-order chi connectivity index (χ1) is 8.40. The Morgan fingerprint density at radius 2 is 1.83 bits per heavy atom. The van der Waals surface area contributed by atoms with Crippen LogP contribution in [0.3, 0.4) is 0 Å². The Bertz CT molecular complexity index is 504. The van der Waals surface area contributed by atoms with E-state index in [4.69, 9.17) is 10.2 Å². The second-order valence-corrected chi connectivity index (χ2v) is 5.63. The van der Waals surface area contributed by atoms with Gasteiger partial charge in [0.2, 0.25) is 0 Å². The first-order valence-electron chi connectivity index (χ1n) is 4.70. The second kappa shape index (κ2) is 6.65. The van der Waals surface area contributed by atoms with E-state index in [1.165, 1.54) is 6.07 Å². The number of aliphatic hydroxyl groups is 1. The minimum Gasteiger partial charge on any atom is -0.478 e. The Hall–Kier alpha value is -0.440. The third-order valence-electron chi connectivity index (χ3n) is 2.02. The van der Waals surface area contributed by atoms with Gasteiger partial charge in [-0.15, -0.1) is 0 Å². The van der Waals surface area contributed by atoms with Crippen LogP contribution in [0.2, 0.25) is 0 Å². The number of carbonyl (C=O) groups is 2. The lowest BCUT2D eigenvalue weighted by Crippen LogP contribution is -2.28. The zero-order valence-corrected chi connectivity index (χ0v) is 13.6. The van der Waals surface area contributed by atoms with Gasteiger partial charge >= 0.3 is 5.97 Å². The van der Waals surface area contributed by atoms with Gasteiger partial charge in [-0.1, -0.05) is 0 Å². The quantitative estimate of drug-likeness (QED) is 0.621. The number of halogens is 3. The summed E-state index contributed by atoms with van der Waals surface area (Å²) < 4.78 is 1.40. The van der Waals surface area contributed by atoms with Crippen LogP contribution in [-0.4, -0.2) is 35.2 Å². The Kier molecular flexibility index (Phi) is 5.77. The third kappa shape index (κ3) is 3.31. The van der Waals surface area contributed by atoms with Crippen LogP contribution in [0.25, 0.3) is 0 Å². The van der Waals surface area contributed by atoms with Gasteiger partial charge in [-0.3, -0.25) is 4.79 Å². The zero-order valence-electron chi connectivity index (χ0n) is 8.84. The van der Waals surface area contributed by atoms with Crippen molar-refractivity contribution in [2.45, 2.75) is 0 Å². The van der Waals surface area contributed by atoms with E-state index in [9.17, 15) is 9.59 Å². The molecule has 1 rings (SSSR count). The van der Waals surface area contributed by atoms with Crippen molar-refractivity contribution in [3.8, 4) is 0 Å². The number of hydrogen-bond donors (Lipinski definition) is 3. The smallest absolute Gasteiger partial charge is 0.336 e. The molecule has 0 unspecified atom stereocenters. The fourth-order valence-electron chi connectivity index (χ4n) is 1.24. The average Bonchev–Trinajstić information content (AvgIpc) is 2.32. The molecule has 1 aromatic carbocycles. The summed E-state index contributed by atoms with van der Waals surface area (Å²) in [6.45, 7) is -0.165. The van der Waals surface area contributed by atoms with Gasteiger partial charge in [-0.2, -0.15) is 0 Å². The van der Waals surface area contributed by atoms with Gasteiger partial charge in [0.25, 0.3) is 5.91 Å². The first kappa shape index (κ1) is 15.6. The van der Waals surface area contributed by atoms with E-state index in [0.29, 0.717) is 13.4 Å². The molecule has 5 nitrogen and oxygen atoms in total. The highest BCUT2D eigenvalue weighted by atomic mass is 79.9. The summed E-state index contributed by atoms with van der Waals surface area (Å²) in [5, 5.41) is 20.2. The van der Waals surface area contributed by atoms with Crippen LogP contribution < -0.4 is 5.32 Å². The lowest BCUT2D eigenvalue weighted by Gasteiger charge is -2.11. The van der Waals surface area contributed by atoms with Gasteiger partial charge in [0.15, 0.2) is 0 Å². The van der Waals surface area contributed by atoms with Crippen LogP contribution in [0.15, 0.2) is 19.5 Å². The van der Waals surface area contributed by atoms with E-state index in [1.54, 1.807) is 0 Å². The van der Waals surface area contributed by atoms with Crippen molar-refractivity contribution in [1.82, 2.24) is 5.32 Å². The molecule has 1 amide bonds. The Morgan fingerprint density at radius 3 is 2.33 bits per heavy atom. The normalized spacial score (nSPS) is 10.2. The number of amides is 1. The number of aromatic carboxylic acids is 1. The summed E-state index contributed by atoms with van der Waals surface area (Å²) in [6, 6.07) is 1.34. The first-order valence-corrected chi connectivity index (χ1v) is 7.07. The van der Waals surface area contributed by atoms with Crippen molar-refractivity contribution >= 4 is 59.7 Å². The molecule has 3 N–H and O–H groups in total. The molecule has 0 bridgehead atoms. The van der Waals surface area contributed by atoms with Gasteiger partial charge in [0.05, 0.1) is 17.7 Å². The molecule has 0 atom stereocenters. The number of nitrogens with one attached hydrogen (secondary N) is 1. The van der Waals surface area contributed by atoms with Gasteiger partial charge in [-0.25, -0.2) is 4.79 Å². The van der Waals surface area contributed by atoms with Crippen LogP contribution in [-0.2, 0) is 0 Å². The molecule has 98 valence electrons. The fraction of sp³-hybridized carbons (Fsp3) is 0.200. The SMILES string of the molecule is O=C(O)c1cc(Br)c(Br)c(Br)c1C(=O)NCCO. The highest BCUT2D eigenvalue weighted by Gasteiger charge is 2.23. The monoisotopic (exact) mass is 443 g/mol. The van der Waals surface area contributed by atoms with Crippen LogP contribution in [0, 0.1) is 0 Å². The topological polar surface area (TPSA) is 86.6 Å². The molecule has 0 spiro atoms. The zero-order chi connectivity index (χ0) is 13.9. The number of hydrogen-bond acceptors (Lipinski definition) is 3. The largest absolute Gasteiger partial charge is 0.478 e. The summed E-state index contributed by atoms with van der Waals surface area (Å²) in [4.78, 5) is 23.0. The van der Waals surface area contributed by atoms with E-state index in [0.717, 1.165) is 0 Å². The van der Waals surface area contributed by atoms with Crippen molar-refractivity contribution < 1.29 is 19.8 Å². The minimum absolute atomic E-state index is 0.00558. The molecule has 0 aromatic heterocycles. The maximum atomic E-state index is 11.9. The van der Waals surface area contributed by atoms with E-state index in [2.05, 4.69) is 53.1 Å². The third-order valence-corrected chi connectivity index (χ3v) is 5.32. The van der Waals surface area contributed by atoms with E-state index >= 15 is 0 Å². The van der Waals surface area contributed by atoms with Crippen molar-refractivity contribution in [3.05, 3.63) is 30.6 Å². The number of carbonyl (C=O) groups excluding carboxylic acids is 1. The fourth-order valence-corrected chi connectivity index (χ4v) is 2.86. The van der Waals surface area contributed by atoms with Crippen LogP contribution >= 0.6 is 47.8 Å². The molecule has 0 saturated heterocycles. The van der Waals surface area contributed by atoms with Gasteiger partial charge in [0.1, 0.15) is 0 Å². The lowest BCUT2D eigenvalue weighted by atomic mass is 10.1. The van der Waals surface area contributed by atoms with Crippen molar-refractivity contribution in [2.75, 3.05) is 13.2 Å². The van der Waals surface area contributed by atoms with E-state index in [-0.39, 0.29) is 24.3 Å². The number of carboxylic acid groups (broad SMARTS) is 1. The Labute approximate surface area is 128 Å². The highest BCUT2D eigenvalue weighted by molar-refractivity contribution is 9.14.